The summed E-state index contributed by atoms with van der Waals surface area (Å²) in [6, 6.07) is 17.0. The van der Waals surface area contributed by atoms with Crippen molar-refractivity contribution in [1.82, 2.24) is 0 Å². The number of hydrogen-bond acceptors (Lipinski definition) is 4. The average Bonchev–Trinajstić information content (AvgIpc) is 2.83. The van der Waals surface area contributed by atoms with Gasteiger partial charge in [-0.1, -0.05) is 54.3 Å². The van der Waals surface area contributed by atoms with Crippen molar-refractivity contribution in [2.24, 2.45) is 0 Å². The zero-order chi connectivity index (χ0) is 15.7. The van der Waals surface area contributed by atoms with Gasteiger partial charge in [-0.15, -0.1) is 0 Å². The first-order chi connectivity index (χ1) is 10.6. The molecule has 5 heteroatoms. The highest BCUT2D eigenvalue weighted by molar-refractivity contribution is 8.27. The van der Waals surface area contributed by atoms with E-state index >= 15 is 0 Å². The number of para-hydroxylation sites is 1. The number of carbonyl (C=O) groups is 1. The van der Waals surface area contributed by atoms with Gasteiger partial charge in [-0.3, -0.25) is 9.69 Å². The highest BCUT2D eigenvalue weighted by Gasteiger charge is 2.34. The van der Waals surface area contributed by atoms with Crippen molar-refractivity contribution >= 4 is 51.2 Å². The van der Waals surface area contributed by atoms with E-state index in [0.717, 1.165) is 16.8 Å². The number of benzene rings is 2. The van der Waals surface area contributed by atoms with Crippen LogP contribution in [0.4, 0.5) is 11.4 Å². The molecule has 110 valence electrons. The number of thioether (sulfide) groups is 1. The number of allylic oxidation sites excluding steroid dienone is 1. The van der Waals surface area contributed by atoms with Crippen LogP contribution in [0.15, 0.2) is 59.5 Å². The summed E-state index contributed by atoms with van der Waals surface area (Å²) in [7, 11) is 0. The molecular formula is C17H14N2OS2. The summed E-state index contributed by atoms with van der Waals surface area (Å²) in [5, 5.41) is 0. The lowest BCUT2D eigenvalue weighted by atomic mass is 10.1. The number of rotatable bonds is 2. The summed E-state index contributed by atoms with van der Waals surface area (Å²) in [4.78, 5) is 15.0. The molecule has 2 aromatic rings. The van der Waals surface area contributed by atoms with Crippen LogP contribution in [0.25, 0.3) is 5.57 Å². The van der Waals surface area contributed by atoms with Crippen molar-refractivity contribution < 1.29 is 4.79 Å². The van der Waals surface area contributed by atoms with Gasteiger partial charge in [0.25, 0.3) is 5.91 Å². The van der Waals surface area contributed by atoms with Crippen LogP contribution in [0.5, 0.6) is 0 Å². The molecule has 3 rings (SSSR count). The Balaban J connectivity index is 2.00. The van der Waals surface area contributed by atoms with Crippen molar-refractivity contribution in [3.05, 3.63) is 65.1 Å². The Labute approximate surface area is 138 Å². The van der Waals surface area contributed by atoms with Gasteiger partial charge in [-0.2, -0.15) is 0 Å². The molecule has 1 saturated heterocycles. The summed E-state index contributed by atoms with van der Waals surface area (Å²) in [6.45, 7) is 1.93. The van der Waals surface area contributed by atoms with Crippen LogP contribution in [0.2, 0.25) is 0 Å². The molecule has 0 aromatic heterocycles. The number of nitrogens with zero attached hydrogens (tertiary/aromatic N) is 1. The number of anilines is 2. The molecule has 0 bridgehead atoms. The molecule has 3 nitrogen and oxygen atoms in total. The van der Waals surface area contributed by atoms with Crippen molar-refractivity contribution in [2.45, 2.75) is 6.92 Å². The zero-order valence-corrected chi connectivity index (χ0v) is 13.6. The van der Waals surface area contributed by atoms with E-state index < -0.39 is 0 Å². The van der Waals surface area contributed by atoms with Gasteiger partial charge in [0.2, 0.25) is 0 Å². The first-order valence-electron chi connectivity index (χ1n) is 6.76. The van der Waals surface area contributed by atoms with Crippen LogP contribution < -0.4 is 10.6 Å². The fourth-order valence-corrected chi connectivity index (χ4v) is 3.60. The first-order valence-corrected chi connectivity index (χ1v) is 7.98. The Morgan fingerprint density at radius 3 is 2.36 bits per heavy atom. The van der Waals surface area contributed by atoms with Gasteiger partial charge >= 0.3 is 0 Å². The van der Waals surface area contributed by atoms with Crippen molar-refractivity contribution in [2.75, 3.05) is 10.6 Å². The van der Waals surface area contributed by atoms with Crippen LogP contribution in [-0.4, -0.2) is 10.2 Å². The van der Waals surface area contributed by atoms with Gasteiger partial charge < -0.3 is 5.73 Å². The zero-order valence-electron chi connectivity index (χ0n) is 11.9. The summed E-state index contributed by atoms with van der Waals surface area (Å²) in [5.74, 6) is -0.0736. The second kappa shape index (κ2) is 5.94. The maximum absolute atomic E-state index is 12.7. The van der Waals surface area contributed by atoms with Crippen molar-refractivity contribution in [3.63, 3.8) is 0 Å². The molecule has 0 saturated carbocycles. The predicted octanol–water partition coefficient (Wildman–Crippen LogP) is 4.06. The topological polar surface area (TPSA) is 46.3 Å². The molecule has 1 amide bonds. The third-order valence-corrected chi connectivity index (χ3v) is 4.94. The van der Waals surface area contributed by atoms with Gasteiger partial charge in [0.15, 0.2) is 4.32 Å². The monoisotopic (exact) mass is 326 g/mol. The molecule has 22 heavy (non-hydrogen) atoms. The Hall–Kier alpha value is -2.11. The molecular weight excluding hydrogens is 312 g/mol. The van der Waals surface area contributed by atoms with Crippen LogP contribution in [-0.2, 0) is 4.79 Å². The van der Waals surface area contributed by atoms with Gasteiger partial charge in [0, 0.05) is 5.69 Å². The third kappa shape index (κ3) is 2.65. The molecule has 0 spiro atoms. The first kappa shape index (κ1) is 14.8. The van der Waals surface area contributed by atoms with Gasteiger partial charge in [0.1, 0.15) is 0 Å². The number of amides is 1. The van der Waals surface area contributed by atoms with Gasteiger partial charge in [0.05, 0.1) is 10.6 Å². The van der Waals surface area contributed by atoms with Crippen molar-refractivity contribution in [1.29, 1.82) is 0 Å². The molecule has 2 aromatic carbocycles. The van der Waals surface area contributed by atoms with Crippen LogP contribution in [0.3, 0.4) is 0 Å². The SMILES string of the molecule is C/C(=C1/SC(=S)N(c2ccccc2)C1=O)c1ccc(N)cc1. The average molecular weight is 326 g/mol. The number of nitrogen functional groups attached to an aromatic ring is 1. The van der Waals surface area contributed by atoms with Gasteiger partial charge in [-0.25, -0.2) is 0 Å². The fourth-order valence-electron chi connectivity index (χ4n) is 2.26. The fraction of sp³-hybridized carbons (Fsp3) is 0.0588. The highest BCUT2D eigenvalue weighted by atomic mass is 32.2. The van der Waals surface area contributed by atoms with E-state index in [1.54, 1.807) is 4.90 Å². The molecule has 2 N–H and O–H groups in total. The molecule has 0 radical (unpaired) electrons. The standard InChI is InChI=1S/C17H14N2OS2/c1-11(12-7-9-13(18)10-8-12)15-16(20)19(17(21)22-15)14-5-3-2-4-6-14/h2-10H,18H2,1H3/b15-11-. The predicted molar refractivity (Wildman–Crippen MR) is 97.6 cm³/mol. The normalized spacial score (nSPS) is 17.0. The van der Waals surface area contributed by atoms with E-state index in [-0.39, 0.29) is 5.91 Å². The lowest BCUT2D eigenvalue weighted by molar-refractivity contribution is -0.113. The summed E-state index contributed by atoms with van der Waals surface area (Å²) < 4.78 is 0.556. The number of carbonyl (C=O) groups excluding carboxylic acids is 1. The Morgan fingerprint density at radius 2 is 1.73 bits per heavy atom. The Bertz CT molecular complexity index is 767. The Kier molecular flexibility index (Phi) is 4.00. The number of nitrogens with two attached hydrogens (primary N) is 1. The van der Waals surface area contributed by atoms with Crippen LogP contribution >= 0.6 is 24.0 Å². The second-order valence-electron chi connectivity index (χ2n) is 4.92. The van der Waals surface area contributed by atoms with E-state index in [1.807, 2.05) is 61.5 Å². The minimum Gasteiger partial charge on any atom is -0.399 e. The number of hydrogen-bond donors (Lipinski definition) is 1. The third-order valence-electron chi connectivity index (χ3n) is 3.47. The summed E-state index contributed by atoms with van der Waals surface area (Å²) in [6.07, 6.45) is 0. The van der Waals surface area contributed by atoms with E-state index in [0.29, 0.717) is 14.9 Å². The van der Waals surface area contributed by atoms with E-state index in [2.05, 4.69) is 0 Å². The summed E-state index contributed by atoms with van der Waals surface area (Å²) >= 11 is 6.72. The van der Waals surface area contributed by atoms with Crippen LogP contribution in [0.1, 0.15) is 12.5 Å². The summed E-state index contributed by atoms with van der Waals surface area (Å²) in [5.41, 5.74) is 9.10. The molecule has 1 aliphatic rings. The minimum atomic E-state index is -0.0736. The molecule has 0 aliphatic carbocycles. The molecule has 0 atom stereocenters. The Morgan fingerprint density at radius 1 is 1.09 bits per heavy atom. The molecule has 1 aliphatic heterocycles. The lowest BCUT2D eigenvalue weighted by Crippen LogP contribution is -2.27. The second-order valence-corrected chi connectivity index (χ2v) is 6.56. The smallest absolute Gasteiger partial charge is 0.271 e. The molecule has 1 heterocycles. The van der Waals surface area contributed by atoms with Crippen LogP contribution in [0, 0.1) is 0 Å². The van der Waals surface area contributed by atoms with E-state index in [1.165, 1.54) is 11.8 Å². The quantitative estimate of drug-likeness (QED) is 0.513. The molecule has 1 fully saturated rings. The van der Waals surface area contributed by atoms with E-state index in [9.17, 15) is 4.79 Å². The highest BCUT2D eigenvalue weighted by Crippen LogP contribution is 2.39. The maximum atomic E-state index is 12.7. The van der Waals surface area contributed by atoms with E-state index in [4.69, 9.17) is 18.0 Å². The lowest BCUT2D eigenvalue weighted by Gasteiger charge is -2.14. The number of thiocarbonyl (C=S) groups is 1. The minimum absolute atomic E-state index is 0.0736. The maximum Gasteiger partial charge on any atom is 0.271 e. The largest absolute Gasteiger partial charge is 0.399 e. The van der Waals surface area contributed by atoms with Gasteiger partial charge in [-0.05, 0) is 42.3 Å². The van der Waals surface area contributed by atoms with Crippen molar-refractivity contribution in [3.8, 4) is 0 Å². The molecule has 0 unspecified atom stereocenters.